The Morgan fingerprint density at radius 1 is 1.26 bits per heavy atom. The average molecular weight is 417 g/mol. The molecule has 2 rings (SSSR count). The average Bonchev–Trinajstić information content (AvgIpc) is 3.00. The highest BCUT2D eigenvalue weighted by Crippen LogP contribution is 2.35. The van der Waals surface area contributed by atoms with E-state index in [4.69, 9.17) is 16.3 Å². The lowest BCUT2D eigenvalue weighted by molar-refractivity contribution is 0.103. The third-order valence-electron chi connectivity index (χ3n) is 4.06. The monoisotopic (exact) mass is 416 g/mol. The van der Waals surface area contributed by atoms with Crippen molar-refractivity contribution in [2.45, 2.75) is 13.5 Å². The molecule has 27 heavy (non-hydrogen) atoms. The molecule has 9 nitrogen and oxygen atoms in total. The first-order valence-electron chi connectivity index (χ1n) is 7.93. The number of aromatic amines is 1. The molecule has 0 saturated heterocycles. The molecule has 0 saturated carbocycles. The van der Waals surface area contributed by atoms with Crippen LogP contribution in [0.15, 0.2) is 23.1 Å². The van der Waals surface area contributed by atoms with E-state index in [0.29, 0.717) is 6.54 Å². The van der Waals surface area contributed by atoms with Gasteiger partial charge in [-0.1, -0.05) is 11.6 Å². The van der Waals surface area contributed by atoms with Crippen LogP contribution in [0.1, 0.15) is 22.8 Å². The molecular formula is C16H21ClN4O5S. The fourth-order valence-corrected chi connectivity index (χ4v) is 3.68. The number of carbonyl (C=O) groups excluding carboxylic acids is 1. The minimum absolute atomic E-state index is 0.0263. The smallest absolute Gasteiger partial charge is 0.303 e. The second-order valence-corrected chi connectivity index (χ2v) is 8.41. The zero-order chi connectivity index (χ0) is 20.5. The molecule has 0 fully saturated rings. The fourth-order valence-electron chi connectivity index (χ4n) is 2.45. The molecular weight excluding hydrogens is 396 g/mol. The minimum atomic E-state index is -3.79. The van der Waals surface area contributed by atoms with Crippen LogP contribution in [-0.2, 0) is 16.8 Å². The summed E-state index contributed by atoms with van der Waals surface area (Å²) in [5.74, 6) is -0.476. The SMILES string of the molecule is CCn1[nH]cc(C(=O)c2cc(Cl)c(N(C)S(=O)(=O)N(C)C)cc2OC)c1=O. The zero-order valence-electron chi connectivity index (χ0n) is 15.6. The molecule has 1 heterocycles. The quantitative estimate of drug-likeness (QED) is 0.685. The van der Waals surface area contributed by atoms with E-state index < -0.39 is 21.6 Å². The number of hydrogen-bond donors (Lipinski definition) is 1. The first kappa shape index (κ1) is 21.0. The van der Waals surface area contributed by atoms with Crippen molar-refractivity contribution < 1.29 is 17.9 Å². The van der Waals surface area contributed by atoms with Crippen LogP contribution in [0, 0.1) is 0 Å². The summed E-state index contributed by atoms with van der Waals surface area (Å²) < 4.78 is 33.2. The van der Waals surface area contributed by atoms with Gasteiger partial charge < -0.3 is 9.84 Å². The topological polar surface area (TPSA) is 105 Å². The summed E-state index contributed by atoms with van der Waals surface area (Å²) >= 11 is 6.24. The van der Waals surface area contributed by atoms with E-state index >= 15 is 0 Å². The number of rotatable bonds is 7. The number of hydrogen-bond acceptors (Lipinski definition) is 5. The van der Waals surface area contributed by atoms with Crippen LogP contribution in [0.4, 0.5) is 5.69 Å². The van der Waals surface area contributed by atoms with Crippen molar-refractivity contribution in [3.8, 4) is 5.75 Å². The van der Waals surface area contributed by atoms with Crippen molar-refractivity contribution in [3.63, 3.8) is 0 Å². The third-order valence-corrected chi connectivity index (χ3v) is 6.18. The normalized spacial score (nSPS) is 11.7. The number of aryl methyl sites for hydroxylation is 1. The Bertz CT molecular complexity index is 1030. The lowest BCUT2D eigenvalue weighted by atomic mass is 10.0. The van der Waals surface area contributed by atoms with Crippen LogP contribution in [0.2, 0.25) is 5.02 Å². The fraction of sp³-hybridized carbons (Fsp3) is 0.375. The van der Waals surface area contributed by atoms with Crippen LogP contribution in [0.3, 0.4) is 0 Å². The predicted molar refractivity (Wildman–Crippen MR) is 103 cm³/mol. The molecule has 0 bridgehead atoms. The summed E-state index contributed by atoms with van der Waals surface area (Å²) in [4.78, 5) is 25.0. The molecule has 1 aromatic heterocycles. The van der Waals surface area contributed by atoms with Crippen molar-refractivity contribution >= 4 is 33.3 Å². The van der Waals surface area contributed by atoms with Gasteiger partial charge in [-0.25, -0.2) is 0 Å². The highest BCUT2D eigenvalue weighted by Gasteiger charge is 2.27. The van der Waals surface area contributed by atoms with E-state index in [1.807, 2.05) is 0 Å². The molecule has 0 radical (unpaired) electrons. The Morgan fingerprint density at radius 2 is 1.89 bits per heavy atom. The molecule has 0 spiro atoms. The first-order valence-corrected chi connectivity index (χ1v) is 9.70. The minimum Gasteiger partial charge on any atom is -0.496 e. The molecule has 0 amide bonds. The Morgan fingerprint density at radius 3 is 2.37 bits per heavy atom. The van der Waals surface area contributed by atoms with E-state index in [9.17, 15) is 18.0 Å². The molecule has 11 heteroatoms. The number of benzene rings is 1. The number of ether oxygens (including phenoxy) is 1. The van der Waals surface area contributed by atoms with Gasteiger partial charge in [0, 0.05) is 40.0 Å². The van der Waals surface area contributed by atoms with E-state index in [-0.39, 0.29) is 27.6 Å². The lowest BCUT2D eigenvalue weighted by Gasteiger charge is -2.25. The molecule has 1 N–H and O–H groups in total. The Labute approximate surface area is 162 Å². The van der Waals surface area contributed by atoms with E-state index in [1.165, 1.54) is 51.3 Å². The molecule has 1 aromatic carbocycles. The number of anilines is 1. The van der Waals surface area contributed by atoms with Gasteiger partial charge >= 0.3 is 10.2 Å². The van der Waals surface area contributed by atoms with E-state index in [2.05, 4.69) is 5.10 Å². The van der Waals surface area contributed by atoms with Gasteiger partial charge in [-0.2, -0.15) is 12.7 Å². The summed E-state index contributed by atoms with van der Waals surface area (Å²) in [6, 6.07) is 2.64. The van der Waals surface area contributed by atoms with E-state index in [0.717, 1.165) is 8.61 Å². The number of nitrogens with zero attached hydrogens (tertiary/aromatic N) is 3. The largest absolute Gasteiger partial charge is 0.496 e. The van der Waals surface area contributed by atoms with Crippen LogP contribution < -0.4 is 14.6 Å². The van der Waals surface area contributed by atoms with Crippen molar-refractivity contribution in [2.75, 3.05) is 32.6 Å². The molecule has 0 aliphatic carbocycles. The molecule has 2 aromatic rings. The van der Waals surface area contributed by atoms with Crippen LogP contribution >= 0.6 is 11.6 Å². The summed E-state index contributed by atoms with van der Waals surface area (Å²) in [6.07, 6.45) is 1.32. The lowest BCUT2D eigenvalue weighted by Crippen LogP contribution is -2.37. The van der Waals surface area contributed by atoms with Crippen molar-refractivity contribution in [1.82, 2.24) is 14.1 Å². The highest BCUT2D eigenvalue weighted by atomic mass is 35.5. The number of carbonyl (C=O) groups is 1. The zero-order valence-corrected chi connectivity index (χ0v) is 17.2. The summed E-state index contributed by atoms with van der Waals surface area (Å²) in [5, 5.41) is 2.73. The molecule has 0 aliphatic rings. The number of methoxy groups -OCH3 is 1. The van der Waals surface area contributed by atoms with Crippen LogP contribution in [-0.4, -0.2) is 56.5 Å². The van der Waals surface area contributed by atoms with Gasteiger partial charge in [0.2, 0.25) is 5.78 Å². The first-order chi connectivity index (χ1) is 12.6. The predicted octanol–water partition coefficient (Wildman–Crippen LogP) is 1.33. The summed E-state index contributed by atoms with van der Waals surface area (Å²) in [7, 11) is 1.67. The van der Waals surface area contributed by atoms with Crippen molar-refractivity contribution in [3.05, 3.63) is 44.8 Å². The number of nitrogens with one attached hydrogen (secondary N) is 1. The summed E-state index contributed by atoms with van der Waals surface area (Å²) in [5.41, 5.74) is -0.328. The Kier molecular flexibility index (Phi) is 6.03. The number of H-pyrrole nitrogens is 1. The standard InChI is InChI=1S/C16H21ClN4O5S/c1-6-21-16(23)11(9-18-21)15(22)10-7-12(17)13(8-14(10)26-5)20(4)27(24,25)19(2)3/h7-9,18H,6H2,1-5H3. The maximum absolute atomic E-state index is 12.8. The Balaban J connectivity index is 2.58. The van der Waals surface area contributed by atoms with Gasteiger partial charge in [0.25, 0.3) is 5.56 Å². The molecule has 0 atom stereocenters. The van der Waals surface area contributed by atoms with Crippen LogP contribution in [0.25, 0.3) is 0 Å². The van der Waals surface area contributed by atoms with Gasteiger partial charge in [0.15, 0.2) is 0 Å². The molecule has 0 unspecified atom stereocenters. The number of aromatic nitrogens is 2. The second kappa shape index (κ2) is 7.75. The second-order valence-electron chi connectivity index (χ2n) is 5.83. The third kappa shape index (κ3) is 3.73. The number of halogens is 1. The van der Waals surface area contributed by atoms with Gasteiger partial charge in [-0.05, 0) is 13.0 Å². The molecule has 0 aliphatic heterocycles. The number of ketones is 1. The van der Waals surface area contributed by atoms with Gasteiger partial charge in [0.1, 0.15) is 11.3 Å². The Hall–Kier alpha value is -2.30. The molecule has 148 valence electrons. The highest BCUT2D eigenvalue weighted by molar-refractivity contribution is 7.90. The van der Waals surface area contributed by atoms with Crippen LogP contribution in [0.5, 0.6) is 5.75 Å². The van der Waals surface area contributed by atoms with Gasteiger partial charge in [0.05, 0.1) is 23.4 Å². The van der Waals surface area contributed by atoms with Crippen molar-refractivity contribution in [2.24, 2.45) is 0 Å². The maximum atomic E-state index is 12.8. The van der Waals surface area contributed by atoms with E-state index in [1.54, 1.807) is 6.92 Å². The maximum Gasteiger partial charge on any atom is 0.303 e. The summed E-state index contributed by atoms with van der Waals surface area (Å²) in [6.45, 7) is 2.15. The van der Waals surface area contributed by atoms with Crippen molar-refractivity contribution in [1.29, 1.82) is 0 Å². The van der Waals surface area contributed by atoms with Gasteiger partial charge in [-0.3, -0.25) is 18.6 Å². The van der Waals surface area contributed by atoms with Gasteiger partial charge in [-0.15, -0.1) is 0 Å².